The van der Waals surface area contributed by atoms with Crippen molar-refractivity contribution in [2.45, 2.75) is 69.2 Å². The monoisotopic (exact) mass is 725 g/mol. The molecule has 3 saturated heterocycles. The maximum Gasteiger partial charge on any atom is 0.416 e. The Morgan fingerprint density at radius 3 is 2.41 bits per heavy atom. The van der Waals surface area contributed by atoms with Gasteiger partial charge in [-0.25, -0.2) is 4.79 Å². The molecule has 3 amide bonds. The SMILES string of the molecule is C=Cc1ccc(C2N=C(c3ccc(C(F)(F)F)cc3OC)N(C(=O)N3CCC(NC(=O)CN4CCC5(CC4)OCCP5)CC3)C2/C(C)=C/C)cc1. The number of amides is 3. The highest BCUT2D eigenvalue weighted by Crippen LogP contribution is 2.46. The van der Waals surface area contributed by atoms with Crippen LogP contribution in [0.2, 0.25) is 0 Å². The number of alkyl halides is 3. The van der Waals surface area contributed by atoms with Crippen LogP contribution in [-0.2, 0) is 15.7 Å². The van der Waals surface area contributed by atoms with Crippen molar-refractivity contribution in [1.29, 1.82) is 0 Å². The summed E-state index contributed by atoms with van der Waals surface area (Å²) in [6.07, 6.45) is 3.34. The lowest BCUT2D eigenvalue weighted by Crippen LogP contribution is -2.54. The molecule has 0 bridgehead atoms. The molecule has 1 N–H and O–H groups in total. The molecule has 0 aromatic heterocycles. The molecule has 6 rings (SSSR count). The molecule has 3 fully saturated rings. The standard InChI is InChI=1S/C38H47F3N5O4P/c1-5-25(3)34-33(27-9-7-26(6-2)8-10-27)43-35(30-12-11-28(38(39,40)41)23-31(30)49-4)46(34)36(48)45-17-13-29(14-18-45)42-32(47)24-44-19-15-37(16-20-44)50-21-22-51-37/h5-12,23,29,33-34,51H,2,13-22,24H2,1,3-4H3,(H,42,47)/b25-5+. The lowest BCUT2D eigenvalue weighted by atomic mass is 9.93. The van der Waals surface area contributed by atoms with Crippen molar-refractivity contribution >= 4 is 32.4 Å². The molecule has 0 saturated carbocycles. The number of likely N-dealkylation sites (tertiary alicyclic amines) is 2. The summed E-state index contributed by atoms with van der Waals surface area (Å²) in [5.41, 5.74) is 2.11. The average Bonchev–Trinajstić information content (AvgIpc) is 3.77. The van der Waals surface area contributed by atoms with Gasteiger partial charge in [0.2, 0.25) is 5.91 Å². The normalized spacial score (nSPS) is 23.5. The number of nitrogens with one attached hydrogen (secondary N) is 1. The molecule has 4 aliphatic heterocycles. The highest BCUT2D eigenvalue weighted by Gasteiger charge is 2.45. The van der Waals surface area contributed by atoms with Crippen LogP contribution in [0.1, 0.15) is 67.8 Å². The van der Waals surface area contributed by atoms with Crippen molar-refractivity contribution < 1.29 is 32.2 Å². The van der Waals surface area contributed by atoms with Gasteiger partial charge in [0, 0.05) is 32.2 Å². The van der Waals surface area contributed by atoms with E-state index in [1.807, 2.05) is 44.2 Å². The highest BCUT2D eigenvalue weighted by molar-refractivity contribution is 7.40. The molecule has 0 radical (unpaired) electrons. The first-order valence-corrected chi connectivity index (χ1v) is 18.8. The van der Waals surface area contributed by atoms with Gasteiger partial charge in [-0.05, 0) is 75.0 Å². The minimum Gasteiger partial charge on any atom is -0.496 e. The molecular formula is C38H47F3N5O4P. The number of piperidine rings is 2. The van der Waals surface area contributed by atoms with Gasteiger partial charge in [0.15, 0.2) is 0 Å². The van der Waals surface area contributed by atoms with Crippen LogP contribution in [0.15, 0.2) is 65.7 Å². The minimum absolute atomic E-state index is 0.0111. The highest BCUT2D eigenvalue weighted by atomic mass is 31.1. The number of halogens is 3. The quantitative estimate of drug-likeness (QED) is 0.242. The summed E-state index contributed by atoms with van der Waals surface area (Å²) in [5.74, 6) is 0.210. The fourth-order valence-electron chi connectivity index (χ4n) is 7.52. The van der Waals surface area contributed by atoms with E-state index >= 15 is 0 Å². The summed E-state index contributed by atoms with van der Waals surface area (Å²) < 4.78 is 52.6. The molecule has 274 valence electrons. The van der Waals surface area contributed by atoms with Crippen molar-refractivity contribution in [2.24, 2.45) is 4.99 Å². The van der Waals surface area contributed by atoms with Crippen LogP contribution in [0.5, 0.6) is 5.75 Å². The maximum atomic E-state index is 14.6. The van der Waals surface area contributed by atoms with Crippen LogP contribution in [0.3, 0.4) is 0 Å². The maximum absolute atomic E-state index is 14.6. The Morgan fingerprint density at radius 1 is 1.12 bits per heavy atom. The second-order valence-corrected chi connectivity index (χ2v) is 15.5. The zero-order chi connectivity index (χ0) is 36.3. The number of amidine groups is 1. The van der Waals surface area contributed by atoms with Gasteiger partial charge in [-0.3, -0.25) is 19.6 Å². The van der Waals surface area contributed by atoms with E-state index in [0.29, 0.717) is 38.0 Å². The summed E-state index contributed by atoms with van der Waals surface area (Å²) in [6.45, 7) is 11.4. The van der Waals surface area contributed by atoms with E-state index in [1.165, 1.54) is 13.2 Å². The number of rotatable bonds is 8. The number of aliphatic imine (C=N–C) groups is 1. The number of carbonyl (C=O) groups excluding carboxylic acids is 2. The van der Waals surface area contributed by atoms with Gasteiger partial charge in [0.1, 0.15) is 17.6 Å². The van der Waals surface area contributed by atoms with Crippen LogP contribution in [-0.4, -0.2) is 103 Å². The van der Waals surface area contributed by atoms with Crippen LogP contribution >= 0.6 is 8.58 Å². The summed E-state index contributed by atoms with van der Waals surface area (Å²) >= 11 is 0. The molecule has 2 aromatic rings. The molecule has 4 aliphatic rings. The van der Waals surface area contributed by atoms with E-state index in [2.05, 4.69) is 16.8 Å². The van der Waals surface area contributed by atoms with Gasteiger partial charge in [0.05, 0.1) is 42.8 Å². The number of nitrogens with zero attached hydrogens (tertiary/aromatic N) is 4. The predicted octanol–water partition coefficient (Wildman–Crippen LogP) is 6.70. The second-order valence-electron chi connectivity index (χ2n) is 13.7. The number of methoxy groups -OCH3 is 1. The third kappa shape index (κ3) is 8.03. The van der Waals surface area contributed by atoms with Gasteiger partial charge < -0.3 is 19.7 Å². The lowest BCUT2D eigenvalue weighted by Gasteiger charge is -2.39. The number of urea groups is 1. The first-order chi connectivity index (χ1) is 24.4. The number of carbonyl (C=O) groups is 2. The Balaban J connectivity index is 1.20. The number of ether oxygens (including phenoxy) is 2. The zero-order valence-corrected chi connectivity index (χ0v) is 30.5. The van der Waals surface area contributed by atoms with Crippen LogP contribution in [0.25, 0.3) is 6.08 Å². The summed E-state index contributed by atoms with van der Waals surface area (Å²) in [4.78, 5) is 38.3. The first-order valence-electron chi connectivity index (χ1n) is 17.6. The van der Waals surface area contributed by atoms with Crippen molar-refractivity contribution in [3.63, 3.8) is 0 Å². The van der Waals surface area contributed by atoms with Crippen molar-refractivity contribution in [3.8, 4) is 5.75 Å². The fraction of sp³-hybridized carbons (Fsp3) is 0.500. The van der Waals surface area contributed by atoms with Crippen LogP contribution < -0.4 is 10.1 Å². The van der Waals surface area contributed by atoms with Gasteiger partial charge in [-0.1, -0.05) is 57.2 Å². The Kier molecular flexibility index (Phi) is 11.2. The fourth-order valence-corrected chi connectivity index (χ4v) is 8.96. The molecule has 0 aliphatic carbocycles. The largest absolute Gasteiger partial charge is 0.496 e. The average molecular weight is 726 g/mol. The Bertz CT molecular complexity index is 1660. The molecule has 2 aromatic carbocycles. The molecule has 3 unspecified atom stereocenters. The van der Waals surface area contributed by atoms with E-state index in [4.69, 9.17) is 14.5 Å². The zero-order valence-electron chi connectivity index (χ0n) is 29.5. The van der Waals surface area contributed by atoms with E-state index in [1.54, 1.807) is 15.9 Å². The van der Waals surface area contributed by atoms with Gasteiger partial charge in [-0.15, -0.1) is 0 Å². The Morgan fingerprint density at radius 2 is 1.82 bits per heavy atom. The Labute approximate surface area is 299 Å². The van der Waals surface area contributed by atoms with E-state index in [9.17, 15) is 22.8 Å². The van der Waals surface area contributed by atoms with Crippen molar-refractivity contribution in [3.05, 3.63) is 82.9 Å². The molecule has 4 heterocycles. The van der Waals surface area contributed by atoms with Crippen LogP contribution in [0, 0.1) is 0 Å². The van der Waals surface area contributed by atoms with Gasteiger partial charge >= 0.3 is 12.2 Å². The number of allylic oxidation sites excluding steroid dienone is 1. The predicted molar refractivity (Wildman–Crippen MR) is 195 cm³/mol. The van der Waals surface area contributed by atoms with E-state index < -0.39 is 23.8 Å². The first kappa shape index (κ1) is 37.0. The summed E-state index contributed by atoms with van der Waals surface area (Å²) in [5, 5.41) is 3.22. The van der Waals surface area contributed by atoms with Gasteiger partial charge in [0.25, 0.3) is 0 Å². The van der Waals surface area contributed by atoms with Crippen molar-refractivity contribution in [1.82, 2.24) is 20.0 Å². The van der Waals surface area contributed by atoms with E-state index in [-0.39, 0.29) is 34.9 Å². The van der Waals surface area contributed by atoms with E-state index in [0.717, 1.165) is 76.1 Å². The van der Waals surface area contributed by atoms with Crippen LogP contribution in [0.4, 0.5) is 18.0 Å². The molecule has 1 spiro atoms. The number of hydrogen-bond acceptors (Lipinski definition) is 6. The second kappa shape index (κ2) is 15.5. The molecule has 13 heteroatoms. The molecule has 9 nitrogen and oxygen atoms in total. The lowest BCUT2D eigenvalue weighted by molar-refractivity contribution is -0.137. The third-order valence-electron chi connectivity index (χ3n) is 10.6. The number of hydrogen-bond donors (Lipinski definition) is 1. The molecule has 51 heavy (non-hydrogen) atoms. The minimum atomic E-state index is -4.57. The summed E-state index contributed by atoms with van der Waals surface area (Å²) in [6, 6.07) is 9.58. The topological polar surface area (TPSA) is 86.7 Å². The Hall–Kier alpha value is -3.73. The smallest absolute Gasteiger partial charge is 0.416 e. The van der Waals surface area contributed by atoms with Crippen molar-refractivity contribution in [2.75, 3.05) is 52.6 Å². The number of benzene rings is 2. The van der Waals surface area contributed by atoms with Gasteiger partial charge in [-0.2, -0.15) is 13.2 Å². The molecular weight excluding hydrogens is 678 g/mol. The molecule has 3 atom stereocenters. The summed E-state index contributed by atoms with van der Waals surface area (Å²) in [7, 11) is 2.15. The third-order valence-corrected chi connectivity index (χ3v) is 12.3.